The zero-order valence-corrected chi connectivity index (χ0v) is 17.6. The predicted octanol–water partition coefficient (Wildman–Crippen LogP) is 5.66. The Hall–Kier alpha value is -2.26. The number of rotatable bonds is 6. The minimum absolute atomic E-state index is 0.517. The lowest BCUT2D eigenvalue weighted by Crippen LogP contribution is -2.31. The van der Waals surface area contributed by atoms with E-state index < -0.39 is 0 Å². The van der Waals surface area contributed by atoms with Crippen LogP contribution in [0, 0.1) is 11.3 Å². The van der Waals surface area contributed by atoms with Gasteiger partial charge in [0.1, 0.15) is 11.7 Å². The number of nitrogens with one attached hydrogen (secondary N) is 1. The quantitative estimate of drug-likeness (QED) is 0.514. The Bertz CT molecular complexity index is 1050. The van der Waals surface area contributed by atoms with Crippen LogP contribution in [0.4, 0.5) is 0 Å². The predicted molar refractivity (Wildman–Crippen MR) is 117 cm³/mol. The molecule has 150 valence electrons. The Morgan fingerprint density at radius 2 is 1.97 bits per heavy atom. The van der Waals surface area contributed by atoms with Gasteiger partial charge in [-0.15, -0.1) is 0 Å². The average molecular weight is 429 g/mol. The van der Waals surface area contributed by atoms with Crippen molar-refractivity contribution in [2.24, 2.45) is 0 Å². The molecule has 0 aliphatic carbocycles. The average Bonchev–Trinajstić information content (AvgIpc) is 3.15. The molecule has 0 amide bonds. The number of ether oxygens (including phenoxy) is 1. The molecule has 0 atom stereocenters. The summed E-state index contributed by atoms with van der Waals surface area (Å²) in [6.45, 7) is 4.00. The van der Waals surface area contributed by atoms with Crippen molar-refractivity contribution in [3.8, 4) is 23.1 Å². The molecule has 4 rings (SSSR count). The van der Waals surface area contributed by atoms with E-state index >= 15 is 0 Å². The van der Waals surface area contributed by atoms with Crippen LogP contribution in [0.3, 0.4) is 0 Å². The van der Waals surface area contributed by atoms with Crippen molar-refractivity contribution >= 4 is 34.2 Å². The normalized spacial score (nSPS) is 14.8. The summed E-state index contributed by atoms with van der Waals surface area (Å²) in [5.41, 5.74) is 2.72. The number of benzene rings is 1. The zero-order valence-electron chi connectivity index (χ0n) is 16.0. The van der Waals surface area contributed by atoms with Crippen LogP contribution in [0.25, 0.3) is 22.2 Å². The Morgan fingerprint density at radius 3 is 2.72 bits per heavy atom. The van der Waals surface area contributed by atoms with Crippen molar-refractivity contribution in [3.63, 3.8) is 0 Å². The Morgan fingerprint density at radius 1 is 1.14 bits per heavy atom. The van der Waals surface area contributed by atoms with E-state index in [0.29, 0.717) is 33.7 Å². The Kier molecular flexibility index (Phi) is 6.25. The molecule has 1 aromatic carbocycles. The number of H-pyrrole nitrogens is 1. The van der Waals surface area contributed by atoms with Crippen LogP contribution in [0.1, 0.15) is 31.2 Å². The van der Waals surface area contributed by atoms with Crippen molar-refractivity contribution < 1.29 is 4.74 Å². The first-order valence-electron chi connectivity index (χ1n) is 9.88. The molecule has 1 N–H and O–H groups in total. The molecule has 0 spiro atoms. The van der Waals surface area contributed by atoms with Crippen LogP contribution in [0.2, 0.25) is 10.0 Å². The first kappa shape index (κ1) is 20.0. The summed E-state index contributed by atoms with van der Waals surface area (Å²) in [5, 5.41) is 11.3. The number of pyridine rings is 1. The van der Waals surface area contributed by atoms with Crippen molar-refractivity contribution in [1.82, 2.24) is 14.9 Å². The van der Waals surface area contributed by atoms with Gasteiger partial charge in [0.25, 0.3) is 0 Å². The highest BCUT2D eigenvalue weighted by Gasteiger charge is 2.17. The molecule has 1 saturated heterocycles. The molecule has 7 heteroatoms. The second kappa shape index (κ2) is 9.04. The largest absolute Gasteiger partial charge is 0.478 e. The van der Waals surface area contributed by atoms with Crippen molar-refractivity contribution in [2.75, 3.05) is 26.2 Å². The van der Waals surface area contributed by atoms with Gasteiger partial charge >= 0.3 is 0 Å². The highest BCUT2D eigenvalue weighted by molar-refractivity contribution is 6.36. The topological polar surface area (TPSA) is 64.9 Å². The Labute approximate surface area is 180 Å². The van der Waals surface area contributed by atoms with Crippen LogP contribution in [-0.4, -0.2) is 41.1 Å². The van der Waals surface area contributed by atoms with Crippen LogP contribution < -0.4 is 4.74 Å². The maximum atomic E-state index is 9.49. The second-order valence-electron chi connectivity index (χ2n) is 7.27. The minimum Gasteiger partial charge on any atom is -0.478 e. The molecule has 2 aromatic heterocycles. The number of aromatic amines is 1. The summed E-state index contributed by atoms with van der Waals surface area (Å²) in [6, 6.07) is 9.40. The van der Waals surface area contributed by atoms with E-state index in [-0.39, 0.29) is 0 Å². The number of nitrogens with zero attached hydrogens (tertiary/aromatic N) is 3. The maximum absolute atomic E-state index is 9.49. The third-order valence-electron chi connectivity index (χ3n) is 5.28. The van der Waals surface area contributed by atoms with Crippen LogP contribution in [-0.2, 0) is 0 Å². The molecule has 0 saturated carbocycles. The fourth-order valence-corrected chi connectivity index (χ4v) is 4.35. The van der Waals surface area contributed by atoms with Gasteiger partial charge in [-0.25, -0.2) is 0 Å². The second-order valence-corrected chi connectivity index (χ2v) is 8.12. The van der Waals surface area contributed by atoms with Gasteiger partial charge in [-0.1, -0.05) is 35.7 Å². The fraction of sp³-hybridized carbons (Fsp3) is 0.364. The molecular weight excluding hydrogens is 407 g/mol. The number of piperidine rings is 1. The van der Waals surface area contributed by atoms with Crippen molar-refractivity contribution in [2.45, 2.75) is 25.7 Å². The fourth-order valence-electron chi connectivity index (χ4n) is 3.84. The zero-order chi connectivity index (χ0) is 20.2. The van der Waals surface area contributed by atoms with E-state index in [2.05, 4.69) is 20.9 Å². The summed E-state index contributed by atoms with van der Waals surface area (Å²) in [5.74, 6) is 0.517. The van der Waals surface area contributed by atoms with Gasteiger partial charge in [0.05, 0.1) is 12.2 Å². The molecule has 0 unspecified atom stereocenters. The number of halogens is 2. The van der Waals surface area contributed by atoms with Crippen molar-refractivity contribution in [3.05, 3.63) is 46.1 Å². The summed E-state index contributed by atoms with van der Waals surface area (Å²) in [4.78, 5) is 10.1. The Balaban J connectivity index is 1.58. The van der Waals surface area contributed by atoms with E-state index in [0.717, 1.165) is 29.5 Å². The third-order valence-corrected chi connectivity index (χ3v) is 5.83. The number of hydrogen-bond donors (Lipinski definition) is 1. The maximum Gasteiger partial charge on any atom is 0.215 e. The highest BCUT2D eigenvalue weighted by atomic mass is 35.5. The molecule has 0 radical (unpaired) electrons. The van der Waals surface area contributed by atoms with E-state index in [1.165, 1.54) is 32.4 Å². The molecule has 1 aliphatic rings. The van der Waals surface area contributed by atoms with Gasteiger partial charge in [-0.05, 0) is 44.5 Å². The standard InChI is InChI=1S/C22H22Cl2N4O/c23-16-5-6-17(19(24)11-16)18-12-20(27-22-21(18)15(13-25)14-26-22)29-10-4-9-28-7-2-1-3-8-28/h5-6,11-12,14H,1-4,7-10H2,(H,26,27). The van der Waals surface area contributed by atoms with E-state index in [9.17, 15) is 5.26 Å². The summed E-state index contributed by atoms with van der Waals surface area (Å²) in [7, 11) is 0. The van der Waals surface area contributed by atoms with Gasteiger partial charge in [0, 0.05) is 45.4 Å². The first-order chi connectivity index (χ1) is 14.2. The lowest BCUT2D eigenvalue weighted by Gasteiger charge is -2.26. The smallest absolute Gasteiger partial charge is 0.215 e. The van der Waals surface area contributed by atoms with E-state index in [1.807, 2.05) is 12.1 Å². The number of likely N-dealkylation sites (tertiary alicyclic amines) is 1. The van der Waals surface area contributed by atoms with Gasteiger partial charge in [-0.2, -0.15) is 10.2 Å². The molecule has 3 heterocycles. The van der Waals surface area contributed by atoms with E-state index in [1.54, 1.807) is 18.3 Å². The molecular formula is C22H22Cl2N4O. The molecule has 1 fully saturated rings. The number of nitriles is 1. The number of aromatic nitrogens is 2. The summed E-state index contributed by atoms with van der Waals surface area (Å²) in [6.07, 6.45) is 6.53. The molecule has 5 nitrogen and oxygen atoms in total. The van der Waals surface area contributed by atoms with Gasteiger partial charge in [0.15, 0.2) is 0 Å². The molecule has 0 bridgehead atoms. The molecule has 29 heavy (non-hydrogen) atoms. The number of hydrogen-bond acceptors (Lipinski definition) is 4. The van der Waals surface area contributed by atoms with Gasteiger partial charge in [0.2, 0.25) is 5.88 Å². The molecule has 1 aliphatic heterocycles. The minimum atomic E-state index is 0.517. The SMILES string of the molecule is N#Cc1c[nH]c2nc(OCCCN3CCCCC3)cc(-c3ccc(Cl)cc3Cl)c12. The van der Waals surface area contributed by atoms with Crippen LogP contribution >= 0.6 is 23.2 Å². The van der Waals surface area contributed by atoms with Crippen LogP contribution in [0.15, 0.2) is 30.5 Å². The summed E-state index contributed by atoms with van der Waals surface area (Å²) >= 11 is 12.5. The lowest BCUT2D eigenvalue weighted by molar-refractivity contribution is 0.203. The third kappa shape index (κ3) is 4.51. The lowest BCUT2D eigenvalue weighted by atomic mass is 10.0. The monoisotopic (exact) mass is 428 g/mol. The van der Waals surface area contributed by atoms with Crippen molar-refractivity contribution in [1.29, 1.82) is 5.26 Å². The van der Waals surface area contributed by atoms with Gasteiger partial charge in [-0.3, -0.25) is 0 Å². The first-order valence-corrected chi connectivity index (χ1v) is 10.6. The molecule has 3 aromatic rings. The highest BCUT2D eigenvalue weighted by Crippen LogP contribution is 2.37. The summed E-state index contributed by atoms with van der Waals surface area (Å²) < 4.78 is 5.96. The van der Waals surface area contributed by atoms with Gasteiger partial charge < -0.3 is 14.6 Å². The number of fused-ring (bicyclic) bond motifs is 1. The van der Waals surface area contributed by atoms with Crippen LogP contribution in [0.5, 0.6) is 5.88 Å². The van der Waals surface area contributed by atoms with E-state index in [4.69, 9.17) is 27.9 Å².